The van der Waals surface area contributed by atoms with Crippen molar-refractivity contribution in [3.05, 3.63) is 29.6 Å². The van der Waals surface area contributed by atoms with E-state index in [1.807, 2.05) is 13.8 Å². The van der Waals surface area contributed by atoms with Gasteiger partial charge in [-0.25, -0.2) is 4.39 Å². The zero-order valence-corrected chi connectivity index (χ0v) is 12.0. The van der Waals surface area contributed by atoms with E-state index >= 15 is 0 Å². The first-order valence-corrected chi connectivity index (χ1v) is 6.43. The fourth-order valence-electron chi connectivity index (χ4n) is 2.48. The van der Waals surface area contributed by atoms with Gasteiger partial charge in [0.05, 0.1) is 18.8 Å². The third-order valence-electron chi connectivity index (χ3n) is 3.81. The molecule has 0 saturated heterocycles. The van der Waals surface area contributed by atoms with Crippen LogP contribution in [0.4, 0.5) is 4.39 Å². The maximum absolute atomic E-state index is 13.8. The van der Waals surface area contributed by atoms with Gasteiger partial charge in [-0.15, -0.1) is 0 Å². The third kappa shape index (κ3) is 3.05. The van der Waals surface area contributed by atoms with Crippen LogP contribution in [0.15, 0.2) is 18.2 Å². The van der Waals surface area contributed by atoms with Gasteiger partial charge in [-0.2, -0.15) is 0 Å². The maximum atomic E-state index is 13.8. The standard InChI is InChI=1S/C14H23FN2O2/c1-5-14(6-2,19-4)13(17-16)10-7-8-12(18-3)11(15)9-10/h7-9,13,17H,5-6,16H2,1-4H3. The predicted octanol–water partition coefficient (Wildman–Crippen LogP) is 2.54. The van der Waals surface area contributed by atoms with Crippen molar-refractivity contribution in [2.24, 2.45) is 5.84 Å². The summed E-state index contributed by atoms with van der Waals surface area (Å²) in [6.07, 6.45) is 1.53. The minimum absolute atomic E-state index is 0.218. The molecule has 1 atom stereocenters. The number of hydrogen-bond donors (Lipinski definition) is 2. The summed E-state index contributed by atoms with van der Waals surface area (Å²) in [5.74, 6) is 5.47. The van der Waals surface area contributed by atoms with Crippen molar-refractivity contribution in [1.82, 2.24) is 5.43 Å². The fourth-order valence-corrected chi connectivity index (χ4v) is 2.48. The van der Waals surface area contributed by atoms with Gasteiger partial charge in [0.25, 0.3) is 0 Å². The number of methoxy groups -OCH3 is 2. The van der Waals surface area contributed by atoms with Crippen LogP contribution in [-0.4, -0.2) is 19.8 Å². The van der Waals surface area contributed by atoms with E-state index < -0.39 is 11.4 Å². The van der Waals surface area contributed by atoms with E-state index in [-0.39, 0.29) is 11.8 Å². The number of rotatable bonds is 7. The van der Waals surface area contributed by atoms with E-state index in [4.69, 9.17) is 15.3 Å². The molecular weight excluding hydrogens is 247 g/mol. The summed E-state index contributed by atoms with van der Waals surface area (Å²) >= 11 is 0. The van der Waals surface area contributed by atoms with Crippen molar-refractivity contribution in [3.8, 4) is 5.75 Å². The smallest absolute Gasteiger partial charge is 0.165 e. The van der Waals surface area contributed by atoms with Crippen molar-refractivity contribution in [1.29, 1.82) is 0 Å². The molecule has 0 radical (unpaired) electrons. The lowest BCUT2D eigenvalue weighted by Gasteiger charge is -2.38. The number of benzene rings is 1. The molecule has 0 heterocycles. The van der Waals surface area contributed by atoms with E-state index in [0.717, 1.165) is 18.4 Å². The lowest BCUT2D eigenvalue weighted by atomic mass is 9.84. The average molecular weight is 270 g/mol. The molecule has 0 saturated carbocycles. The average Bonchev–Trinajstić information content (AvgIpc) is 2.45. The van der Waals surface area contributed by atoms with Crippen LogP contribution in [0.5, 0.6) is 5.75 Å². The molecule has 1 rings (SSSR count). The lowest BCUT2D eigenvalue weighted by molar-refractivity contribution is -0.0487. The molecule has 108 valence electrons. The van der Waals surface area contributed by atoms with E-state index in [1.54, 1.807) is 19.2 Å². The zero-order valence-electron chi connectivity index (χ0n) is 12.0. The van der Waals surface area contributed by atoms with Gasteiger partial charge in [-0.1, -0.05) is 19.9 Å². The van der Waals surface area contributed by atoms with Crippen LogP contribution in [-0.2, 0) is 4.74 Å². The Hall–Kier alpha value is -1.17. The lowest BCUT2D eigenvalue weighted by Crippen LogP contribution is -2.47. The van der Waals surface area contributed by atoms with Gasteiger partial charge in [0, 0.05) is 7.11 Å². The van der Waals surface area contributed by atoms with Crippen LogP contribution in [0.25, 0.3) is 0 Å². The topological polar surface area (TPSA) is 56.5 Å². The number of nitrogens with one attached hydrogen (secondary N) is 1. The Morgan fingerprint density at radius 2 is 1.95 bits per heavy atom. The molecule has 0 aliphatic carbocycles. The zero-order chi connectivity index (χ0) is 14.5. The first-order chi connectivity index (χ1) is 9.08. The number of ether oxygens (including phenoxy) is 2. The normalized spacial score (nSPS) is 13.4. The summed E-state index contributed by atoms with van der Waals surface area (Å²) in [6, 6.07) is 4.54. The monoisotopic (exact) mass is 270 g/mol. The summed E-state index contributed by atoms with van der Waals surface area (Å²) in [5.41, 5.74) is 3.02. The predicted molar refractivity (Wildman–Crippen MR) is 73.3 cm³/mol. The molecule has 0 amide bonds. The van der Waals surface area contributed by atoms with E-state index in [2.05, 4.69) is 5.43 Å². The highest BCUT2D eigenvalue weighted by Gasteiger charge is 2.36. The Morgan fingerprint density at radius 1 is 1.32 bits per heavy atom. The quantitative estimate of drug-likeness (QED) is 0.590. The van der Waals surface area contributed by atoms with Gasteiger partial charge in [0.1, 0.15) is 0 Å². The van der Waals surface area contributed by atoms with Crippen LogP contribution in [0, 0.1) is 5.82 Å². The Labute approximate surface area is 114 Å². The minimum atomic E-state index is -0.463. The number of nitrogens with two attached hydrogens (primary N) is 1. The van der Waals surface area contributed by atoms with Gasteiger partial charge in [0.2, 0.25) is 0 Å². The maximum Gasteiger partial charge on any atom is 0.165 e. The van der Waals surface area contributed by atoms with Crippen LogP contribution >= 0.6 is 0 Å². The summed E-state index contributed by atoms with van der Waals surface area (Å²) in [6.45, 7) is 4.05. The highest BCUT2D eigenvalue weighted by Crippen LogP contribution is 2.35. The second kappa shape index (κ2) is 6.84. The molecule has 1 unspecified atom stereocenters. The van der Waals surface area contributed by atoms with E-state index in [9.17, 15) is 4.39 Å². The first-order valence-electron chi connectivity index (χ1n) is 6.43. The Balaban J connectivity index is 3.19. The second-order valence-corrected chi connectivity index (χ2v) is 4.47. The van der Waals surface area contributed by atoms with Gasteiger partial charge in [-0.05, 0) is 30.5 Å². The molecule has 0 aliphatic rings. The second-order valence-electron chi connectivity index (χ2n) is 4.47. The van der Waals surface area contributed by atoms with Crippen molar-refractivity contribution in [2.45, 2.75) is 38.3 Å². The highest BCUT2D eigenvalue weighted by molar-refractivity contribution is 5.32. The minimum Gasteiger partial charge on any atom is -0.494 e. The molecular formula is C14H23FN2O2. The molecule has 0 aromatic heterocycles. The van der Waals surface area contributed by atoms with Crippen LogP contribution in [0.2, 0.25) is 0 Å². The summed E-state index contributed by atoms with van der Waals surface area (Å²) in [4.78, 5) is 0. The summed E-state index contributed by atoms with van der Waals surface area (Å²) < 4.78 is 24.4. The van der Waals surface area contributed by atoms with Crippen molar-refractivity contribution >= 4 is 0 Å². The molecule has 0 fully saturated rings. The fraction of sp³-hybridized carbons (Fsp3) is 0.571. The van der Waals surface area contributed by atoms with E-state index in [1.165, 1.54) is 13.2 Å². The third-order valence-corrected chi connectivity index (χ3v) is 3.81. The molecule has 19 heavy (non-hydrogen) atoms. The molecule has 0 bridgehead atoms. The number of halogens is 1. The number of hydrazine groups is 1. The summed E-state index contributed by atoms with van der Waals surface area (Å²) in [7, 11) is 3.09. The molecule has 4 nitrogen and oxygen atoms in total. The Kier molecular flexibility index (Phi) is 5.72. The van der Waals surface area contributed by atoms with Crippen LogP contribution < -0.4 is 16.0 Å². The van der Waals surface area contributed by atoms with Gasteiger partial charge in [0.15, 0.2) is 11.6 Å². The first kappa shape index (κ1) is 15.9. The van der Waals surface area contributed by atoms with Crippen molar-refractivity contribution in [2.75, 3.05) is 14.2 Å². The van der Waals surface area contributed by atoms with Crippen molar-refractivity contribution in [3.63, 3.8) is 0 Å². The number of hydrogen-bond acceptors (Lipinski definition) is 4. The van der Waals surface area contributed by atoms with Gasteiger partial charge < -0.3 is 9.47 Å². The van der Waals surface area contributed by atoms with Gasteiger partial charge >= 0.3 is 0 Å². The van der Waals surface area contributed by atoms with Crippen LogP contribution in [0.3, 0.4) is 0 Å². The molecule has 3 N–H and O–H groups in total. The molecule has 1 aromatic rings. The molecule has 0 spiro atoms. The van der Waals surface area contributed by atoms with E-state index in [0.29, 0.717) is 0 Å². The highest BCUT2D eigenvalue weighted by atomic mass is 19.1. The van der Waals surface area contributed by atoms with Crippen molar-refractivity contribution < 1.29 is 13.9 Å². The van der Waals surface area contributed by atoms with Gasteiger partial charge in [-0.3, -0.25) is 11.3 Å². The molecule has 0 aliphatic heterocycles. The largest absolute Gasteiger partial charge is 0.494 e. The summed E-state index contributed by atoms with van der Waals surface area (Å²) in [5, 5.41) is 0. The molecule has 1 aromatic carbocycles. The Morgan fingerprint density at radius 3 is 2.32 bits per heavy atom. The SMILES string of the molecule is CCC(CC)(OC)C(NN)c1ccc(OC)c(F)c1. The Bertz CT molecular complexity index is 400. The van der Waals surface area contributed by atoms with Crippen LogP contribution in [0.1, 0.15) is 38.3 Å². The molecule has 5 heteroatoms.